The molecule has 0 fully saturated rings. The SMILES string of the molecule is COc1ccc2ncoc2c1CCCC(=O)O. The van der Waals surface area contributed by atoms with Gasteiger partial charge in [-0.15, -0.1) is 0 Å². The maximum Gasteiger partial charge on any atom is 0.303 e. The lowest BCUT2D eigenvalue weighted by Gasteiger charge is -2.07. The first kappa shape index (κ1) is 11.4. The molecule has 0 unspecified atom stereocenters. The fourth-order valence-electron chi connectivity index (χ4n) is 1.81. The molecular formula is C12H13NO4. The number of rotatable bonds is 5. The van der Waals surface area contributed by atoms with E-state index in [1.54, 1.807) is 7.11 Å². The van der Waals surface area contributed by atoms with Gasteiger partial charge in [-0.2, -0.15) is 0 Å². The minimum Gasteiger partial charge on any atom is -0.496 e. The van der Waals surface area contributed by atoms with Crippen molar-refractivity contribution in [3.63, 3.8) is 0 Å². The number of hydrogen-bond donors (Lipinski definition) is 1. The molecule has 0 bridgehead atoms. The molecule has 5 heteroatoms. The van der Waals surface area contributed by atoms with Gasteiger partial charge in [-0.1, -0.05) is 0 Å². The van der Waals surface area contributed by atoms with E-state index in [0.717, 1.165) is 11.1 Å². The van der Waals surface area contributed by atoms with Gasteiger partial charge in [0, 0.05) is 12.0 Å². The predicted molar refractivity (Wildman–Crippen MR) is 61.1 cm³/mol. The highest BCUT2D eigenvalue weighted by Gasteiger charge is 2.12. The Morgan fingerprint density at radius 2 is 2.35 bits per heavy atom. The summed E-state index contributed by atoms with van der Waals surface area (Å²) >= 11 is 0. The average Bonchev–Trinajstić information content (AvgIpc) is 2.77. The van der Waals surface area contributed by atoms with Gasteiger partial charge in [0.15, 0.2) is 12.0 Å². The molecule has 1 aromatic heterocycles. The molecule has 5 nitrogen and oxygen atoms in total. The third-order valence-corrected chi connectivity index (χ3v) is 2.60. The topological polar surface area (TPSA) is 72.6 Å². The van der Waals surface area contributed by atoms with Crippen molar-refractivity contribution in [2.75, 3.05) is 7.11 Å². The lowest BCUT2D eigenvalue weighted by molar-refractivity contribution is -0.137. The van der Waals surface area contributed by atoms with Crippen LogP contribution in [0.25, 0.3) is 11.1 Å². The lowest BCUT2D eigenvalue weighted by Crippen LogP contribution is -1.98. The van der Waals surface area contributed by atoms with Gasteiger partial charge in [0.05, 0.1) is 7.11 Å². The van der Waals surface area contributed by atoms with Gasteiger partial charge in [0.2, 0.25) is 0 Å². The van der Waals surface area contributed by atoms with E-state index in [1.165, 1.54) is 6.39 Å². The first-order chi connectivity index (χ1) is 8.22. The van der Waals surface area contributed by atoms with E-state index in [-0.39, 0.29) is 6.42 Å². The normalized spacial score (nSPS) is 10.6. The van der Waals surface area contributed by atoms with Gasteiger partial charge in [0.25, 0.3) is 0 Å². The summed E-state index contributed by atoms with van der Waals surface area (Å²) in [7, 11) is 1.58. The molecule has 2 aromatic rings. The van der Waals surface area contributed by atoms with E-state index in [9.17, 15) is 4.79 Å². The van der Waals surface area contributed by atoms with Gasteiger partial charge in [-0.05, 0) is 25.0 Å². The van der Waals surface area contributed by atoms with Crippen LogP contribution in [0.1, 0.15) is 18.4 Å². The fraction of sp³-hybridized carbons (Fsp3) is 0.333. The van der Waals surface area contributed by atoms with Crippen molar-refractivity contribution >= 4 is 17.1 Å². The summed E-state index contributed by atoms with van der Waals surface area (Å²) < 4.78 is 10.6. The number of carbonyl (C=O) groups is 1. The number of hydrogen-bond acceptors (Lipinski definition) is 4. The quantitative estimate of drug-likeness (QED) is 0.860. The van der Waals surface area contributed by atoms with Crippen LogP contribution in [0.3, 0.4) is 0 Å². The van der Waals surface area contributed by atoms with Gasteiger partial charge >= 0.3 is 5.97 Å². The highest BCUT2D eigenvalue weighted by molar-refractivity contribution is 5.78. The number of nitrogens with zero attached hydrogens (tertiary/aromatic N) is 1. The highest BCUT2D eigenvalue weighted by atomic mass is 16.5. The molecule has 0 aliphatic heterocycles. The summed E-state index contributed by atoms with van der Waals surface area (Å²) in [5.74, 6) is -0.0895. The van der Waals surface area contributed by atoms with Crippen molar-refractivity contribution in [3.8, 4) is 5.75 Å². The largest absolute Gasteiger partial charge is 0.496 e. The van der Waals surface area contributed by atoms with E-state index in [0.29, 0.717) is 24.2 Å². The zero-order valence-corrected chi connectivity index (χ0v) is 9.47. The molecule has 0 saturated heterocycles. The van der Waals surface area contributed by atoms with Crippen molar-refractivity contribution in [3.05, 3.63) is 24.1 Å². The maximum atomic E-state index is 10.5. The molecule has 17 heavy (non-hydrogen) atoms. The average molecular weight is 235 g/mol. The number of aliphatic carboxylic acids is 1. The van der Waals surface area contributed by atoms with Crippen molar-refractivity contribution in [2.24, 2.45) is 0 Å². The highest BCUT2D eigenvalue weighted by Crippen LogP contribution is 2.28. The summed E-state index contributed by atoms with van der Waals surface area (Å²) in [6.45, 7) is 0. The lowest BCUT2D eigenvalue weighted by atomic mass is 10.1. The number of ether oxygens (including phenoxy) is 1. The second-order valence-corrected chi connectivity index (χ2v) is 3.69. The van der Waals surface area contributed by atoms with Crippen molar-refractivity contribution < 1.29 is 19.1 Å². The van der Waals surface area contributed by atoms with E-state index >= 15 is 0 Å². The summed E-state index contributed by atoms with van der Waals surface area (Å²) in [6, 6.07) is 3.64. The second-order valence-electron chi connectivity index (χ2n) is 3.69. The Bertz CT molecular complexity index is 532. The van der Waals surface area contributed by atoms with E-state index in [2.05, 4.69) is 4.98 Å². The molecule has 0 amide bonds. The van der Waals surface area contributed by atoms with Crippen LogP contribution in [0.4, 0.5) is 0 Å². The van der Waals surface area contributed by atoms with Gasteiger partial charge in [-0.25, -0.2) is 4.98 Å². The van der Waals surface area contributed by atoms with E-state index < -0.39 is 5.97 Å². The van der Waals surface area contributed by atoms with Crippen molar-refractivity contribution in [1.29, 1.82) is 0 Å². The number of carboxylic acids is 1. The number of aryl methyl sites for hydroxylation is 1. The molecule has 0 aliphatic carbocycles. The number of oxazole rings is 1. The number of benzene rings is 1. The minimum atomic E-state index is -0.797. The van der Waals surface area contributed by atoms with Crippen LogP contribution in [0.15, 0.2) is 22.9 Å². The van der Waals surface area contributed by atoms with Crippen LogP contribution >= 0.6 is 0 Å². The molecule has 1 aromatic carbocycles. The maximum absolute atomic E-state index is 10.5. The Balaban J connectivity index is 2.28. The molecule has 2 rings (SSSR count). The Morgan fingerprint density at radius 1 is 1.53 bits per heavy atom. The first-order valence-electron chi connectivity index (χ1n) is 5.33. The summed E-state index contributed by atoms with van der Waals surface area (Å²) in [6.07, 6.45) is 2.66. The smallest absolute Gasteiger partial charge is 0.303 e. The Morgan fingerprint density at radius 3 is 3.06 bits per heavy atom. The Hall–Kier alpha value is -2.04. The zero-order chi connectivity index (χ0) is 12.3. The molecule has 1 N–H and O–H groups in total. The summed E-state index contributed by atoms with van der Waals surface area (Å²) in [5.41, 5.74) is 2.31. The summed E-state index contributed by atoms with van der Waals surface area (Å²) in [5, 5.41) is 8.62. The molecule has 0 spiro atoms. The Labute approximate surface area is 98.0 Å². The second kappa shape index (κ2) is 4.86. The first-order valence-corrected chi connectivity index (χ1v) is 5.33. The van der Waals surface area contributed by atoms with E-state index in [4.69, 9.17) is 14.3 Å². The van der Waals surface area contributed by atoms with Crippen molar-refractivity contribution in [1.82, 2.24) is 4.98 Å². The zero-order valence-electron chi connectivity index (χ0n) is 9.47. The monoisotopic (exact) mass is 235 g/mol. The number of fused-ring (bicyclic) bond motifs is 1. The third kappa shape index (κ3) is 2.38. The van der Waals surface area contributed by atoms with Crippen LogP contribution in [0, 0.1) is 0 Å². The van der Waals surface area contributed by atoms with Crippen molar-refractivity contribution in [2.45, 2.75) is 19.3 Å². The van der Waals surface area contributed by atoms with Gasteiger partial charge < -0.3 is 14.3 Å². The fourth-order valence-corrected chi connectivity index (χ4v) is 1.81. The van der Waals surface area contributed by atoms with Crippen LogP contribution in [-0.4, -0.2) is 23.2 Å². The third-order valence-electron chi connectivity index (χ3n) is 2.60. The van der Waals surface area contributed by atoms with Crippen LogP contribution in [-0.2, 0) is 11.2 Å². The van der Waals surface area contributed by atoms with Gasteiger partial charge in [-0.3, -0.25) is 4.79 Å². The molecular weight excluding hydrogens is 222 g/mol. The summed E-state index contributed by atoms with van der Waals surface area (Å²) in [4.78, 5) is 14.5. The van der Waals surface area contributed by atoms with Crippen LogP contribution in [0.5, 0.6) is 5.75 Å². The molecule has 0 atom stereocenters. The molecule has 0 aliphatic rings. The minimum absolute atomic E-state index is 0.133. The Kier molecular flexibility index (Phi) is 3.27. The molecule has 1 heterocycles. The molecule has 0 radical (unpaired) electrons. The predicted octanol–water partition coefficient (Wildman–Crippen LogP) is 2.24. The number of aromatic nitrogens is 1. The van der Waals surface area contributed by atoms with Crippen LogP contribution in [0.2, 0.25) is 0 Å². The number of methoxy groups -OCH3 is 1. The molecule has 0 saturated carbocycles. The standard InChI is InChI=1S/C12H13NO4/c1-16-10-6-5-9-12(17-7-13-9)8(10)3-2-4-11(14)15/h5-7H,2-4H2,1H3,(H,14,15). The van der Waals surface area contributed by atoms with Crippen LogP contribution < -0.4 is 4.74 Å². The number of carboxylic acid groups (broad SMARTS) is 1. The van der Waals surface area contributed by atoms with Gasteiger partial charge in [0.1, 0.15) is 11.3 Å². The molecule has 90 valence electrons. The van der Waals surface area contributed by atoms with E-state index in [1.807, 2.05) is 12.1 Å².